The Labute approximate surface area is 80.9 Å². The van der Waals surface area contributed by atoms with Crippen LogP contribution in [-0.2, 0) is 0 Å². The average molecular weight is 183 g/mol. The second-order valence-corrected chi connectivity index (χ2v) is 5.63. The Balaban J connectivity index is 2.26. The van der Waals surface area contributed by atoms with Gasteiger partial charge in [-0.15, -0.1) is 0 Å². The summed E-state index contributed by atoms with van der Waals surface area (Å²) in [7, 11) is 0. The standard InChI is InChI=1S/C11H21NO/c1-10(2)7-9(13)8-11(3)5-4-6-12(10)11/h9,13H,4-8H2,1-3H3/t9-,11+/m1/s1. The number of fused-ring (bicyclic) bond motifs is 1. The zero-order valence-corrected chi connectivity index (χ0v) is 9.01. The van der Waals surface area contributed by atoms with Gasteiger partial charge in [0.2, 0.25) is 0 Å². The van der Waals surface area contributed by atoms with Crippen molar-refractivity contribution < 1.29 is 5.11 Å². The van der Waals surface area contributed by atoms with Gasteiger partial charge in [-0.1, -0.05) is 0 Å². The molecule has 2 fully saturated rings. The normalized spacial score (nSPS) is 44.8. The summed E-state index contributed by atoms with van der Waals surface area (Å²) >= 11 is 0. The van der Waals surface area contributed by atoms with E-state index in [-0.39, 0.29) is 17.2 Å². The van der Waals surface area contributed by atoms with Gasteiger partial charge < -0.3 is 5.11 Å². The monoisotopic (exact) mass is 183 g/mol. The SMILES string of the molecule is CC1(C)C[C@@H](O)C[C@]2(C)CCCN12. The number of nitrogens with zero attached hydrogens (tertiary/aromatic N) is 1. The van der Waals surface area contributed by atoms with Crippen LogP contribution in [0.3, 0.4) is 0 Å². The highest BCUT2D eigenvalue weighted by Gasteiger charge is 2.49. The largest absolute Gasteiger partial charge is 0.393 e. The van der Waals surface area contributed by atoms with Crippen molar-refractivity contribution in [3.63, 3.8) is 0 Å². The summed E-state index contributed by atoms with van der Waals surface area (Å²) in [6, 6.07) is 0. The third kappa shape index (κ3) is 1.40. The van der Waals surface area contributed by atoms with Gasteiger partial charge >= 0.3 is 0 Å². The summed E-state index contributed by atoms with van der Waals surface area (Å²) in [5.41, 5.74) is 0.476. The van der Waals surface area contributed by atoms with Crippen molar-refractivity contribution in [1.82, 2.24) is 4.90 Å². The van der Waals surface area contributed by atoms with E-state index in [0.717, 1.165) is 12.8 Å². The molecule has 2 aliphatic heterocycles. The van der Waals surface area contributed by atoms with Gasteiger partial charge in [-0.2, -0.15) is 0 Å². The minimum atomic E-state index is -0.0886. The summed E-state index contributed by atoms with van der Waals surface area (Å²) in [5.74, 6) is 0. The fourth-order valence-electron chi connectivity index (χ4n) is 3.54. The van der Waals surface area contributed by atoms with Crippen LogP contribution in [0.15, 0.2) is 0 Å². The van der Waals surface area contributed by atoms with Crippen LogP contribution in [-0.4, -0.2) is 33.7 Å². The third-order valence-electron chi connectivity index (χ3n) is 3.89. The highest BCUT2D eigenvalue weighted by molar-refractivity contribution is 5.05. The minimum Gasteiger partial charge on any atom is -0.393 e. The van der Waals surface area contributed by atoms with Gasteiger partial charge in [-0.3, -0.25) is 4.90 Å². The summed E-state index contributed by atoms with van der Waals surface area (Å²) in [6.07, 6.45) is 4.37. The van der Waals surface area contributed by atoms with Crippen molar-refractivity contribution in [3.05, 3.63) is 0 Å². The van der Waals surface area contributed by atoms with Gasteiger partial charge in [0.05, 0.1) is 6.10 Å². The van der Waals surface area contributed by atoms with Gasteiger partial charge in [0.15, 0.2) is 0 Å². The lowest BCUT2D eigenvalue weighted by Crippen LogP contribution is -2.59. The number of aliphatic hydroxyl groups excluding tert-OH is 1. The third-order valence-corrected chi connectivity index (χ3v) is 3.89. The van der Waals surface area contributed by atoms with Crippen molar-refractivity contribution in [2.45, 2.75) is 63.6 Å². The first-order valence-electron chi connectivity index (χ1n) is 5.40. The predicted octanol–water partition coefficient (Wildman–Crippen LogP) is 1.77. The van der Waals surface area contributed by atoms with E-state index < -0.39 is 0 Å². The van der Waals surface area contributed by atoms with Crippen LogP contribution in [0.25, 0.3) is 0 Å². The van der Waals surface area contributed by atoms with Crippen LogP contribution >= 0.6 is 0 Å². The molecule has 76 valence electrons. The summed E-state index contributed by atoms with van der Waals surface area (Å²) < 4.78 is 0. The van der Waals surface area contributed by atoms with Gasteiger partial charge in [0.1, 0.15) is 0 Å². The molecule has 1 N–H and O–H groups in total. The van der Waals surface area contributed by atoms with Crippen molar-refractivity contribution in [1.29, 1.82) is 0 Å². The number of rotatable bonds is 0. The minimum absolute atomic E-state index is 0.0886. The molecular weight excluding hydrogens is 162 g/mol. The Kier molecular flexibility index (Phi) is 1.97. The van der Waals surface area contributed by atoms with Crippen LogP contribution in [0.5, 0.6) is 0 Å². The molecule has 0 aromatic rings. The first-order valence-corrected chi connectivity index (χ1v) is 5.40. The maximum Gasteiger partial charge on any atom is 0.0575 e. The maximum atomic E-state index is 9.83. The Bertz CT molecular complexity index is 214. The van der Waals surface area contributed by atoms with Crippen LogP contribution in [0.4, 0.5) is 0 Å². The number of aliphatic hydroxyl groups is 1. The van der Waals surface area contributed by atoms with E-state index in [1.165, 1.54) is 19.4 Å². The summed E-state index contributed by atoms with van der Waals surface area (Å²) in [4.78, 5) is 2.60. The van der Waals surface area contributed by atoms with Crippen LogP contribution in [0.2, 0.25) is 0 Å². The topological polar surface area (TPSA) is 23.5 Å². The number of hydrogen-bond donors (Lipinski definition) is 1. The quantitative estimate of drug-likeness (QED) is 0.618. The van der Waals surface area contributed by atoms with Crippen LogP contribution < -0.4 is 0 Å². The first-order chi connectivity index (χ1) is 5.94. The molecule has 0 spiro atoms. The van der Waals surface area contributed by atoms with Gasteiger partial charge in [0.25, 0.3) is 0 Å². The Morgan fingerprint density at radius 3 is 2.62 bits per heavy atom. The highest BCUT2D eigenvalue weighted by atomic mass is 16.3. The molecule has 13 heavy (non-hydrogen) atoms. The lowest BCUT2D eigenvalue weighted by molar-refractivity contribution is -0.0644. The van der Waals surface area contributed by atoms with Crippen LogP contribution in [0.1, 0.15) is 46.5 Å². The lowest BCUT2D eigenvalue weighted by Gasteiger charge is -2.52. The molecule has 2 heterocycles. The number of piperidine rings is 1. The zero-order chi connectivity index (χ0) is 9.69. The maximum absolute atomic E-state index is 9.83. The second-order valence-electron chi connectivity index (χ2n) is 5.63. The fourth-order valence-corrected chi connectivity index (χ4v) is 3.54. The molecule has 0 aromatic carbocycles. The zero-order valence-electron chi connectivity index (χ0n) is 9.01. The van der Waals surface area contributed by atoms with Gasteiger partial charge in [0, 0.05) is 11.1 Å². The van der Waals surface area contributed by atoms with Crippen molar-refractivity contribution in [3.8, 4) is 0 Å². The molecule has 0 bridgehead atoms. The Morgan fingerprint density at radius 1 is 1.23 bits per heavy atom. The smallest absolute Gasteiger partial charge is 0.0575 e. The molecule has 2 atom stereocenters. The average Bonchev–Trinajstić information content (AvgIpc) is 2.27. The van der Waals surface area contributed by atoms with E-state index in [1.54, 1.807) is 0 Å². The molecule has 0 saturated carbocycles. The molecule has 0 aliphatic carbocycles. The van der Waals surface area contributed by atoms with E-state index >= 15 is 0 Å². The number of hydrogen-bond acceptors (Lipinski definition) is 2. The second kappa shape index (κ2) is 2.71. The van der Waals surface area contributed by atoms with E-state index in [1.807, 2.05) is 0 Å². The highest BCUT2D eigenvalue weighted by Crippen LogP contribution is 2.44. The van der Waals surface area contributed by atoms with E-state index in [2.05, 4.69) is 25.7 Å². The van der Waals surface area contributed by atoms with E-state index in [9.17, 15) is 5.11 Å². The van der Waals surface area contributed by atoms with Gasteiger partial charge in [-0.05, 0) is 53.0 Å². The first kappa shape index (κ1) is 9.47. The van der Waals surface area contributed by atoms with Crippen molar-refractivity contribution >= 4 is 0 Å². The molecule has 2 saturated heterocycles. The molecule has 0 aromatic heterocycles. The van der Waals surface area contributed by atoms with Gasteiger partial charge in [-0.25, -0.2) is 0 Å². The molecular formula is C11H21NO. The molecule has 2 aliphatic rings. The molecule has 2 rings (SSSR count). The molecule has 2 nitrogen and oxygen atoms in total. The predicted molar refractivity (Wildman–Crippen MR) is 53.7 cm³/mol. The van der Waals surface area contributed by atoms with E-state index in [0.29, 0.717) is 0 Å². The van der Waals surface area contributed by atoms with Crippen molar-refractivity contribution in [2.75, 3.05) is 6.54 Å². The van der Waals surface area contributed by atoms with Crippen LogP contribution in [0, 0.1) is 0 Å². The molecule has 0 unspecified atom stereocenters. The van der Waals surface area contributed by atoms with Crippen molar-refractivity contribution in [2.24, 2.45) is 0 Å². The fraction of sp³-hybridized carbons (Fsp3) is 1.00. The molecule has 0 amide bonds. The lowest BCUT2D eigenvalue weighted by atomic mass is 9.78. The molecule has 0 radical (unpaired) electrons. The molecule has 2 heteroatoms. The summed E-state index contributed by atoms with van der Waals surface area (Å²) in [5, 5.41) is 9.83. The Hall–Kier alpha value is -0.0800. The van der Waals surface area contributed by atoms with E-state index in [4.69, 9.17) is 0 Å². The Morgan fingerprint density at radius 2 is 1.92 bits per heavy atom. The summed E-state index contributed by atoms with van der Waals surface area (Å²) in [6.45, 7) is 8.05.